The lowest BCUT2D eigenvalue weighted by Crippen LogP contribution is -2.62. The van der Waals surface area contributed by atoms with E-state index < -0.39 is 46.2 Å². The van der Waals surface area contributed by atoms with Crippen molar-refractivity contribution < 1.29 is 22.8 Å². The summed E-state index contributed by atoms with van der Waals surface area (Å²) in [5.74, 6) is -3.63. The maximum atomic E-state index is 14.2. The van der Waals surface area contributed by atoms with E-state index in [-0.39, 0.29) is 18.0 Å². The van der Waals surface area contributed by atoms with Crippen LogP contribution in [-0.2, 0) is 16.9 Å². The minimum atomic E-state index is -5.36. The minimum Gasteiger partial charge on any atom is -0.326 e. The molecule has 0 spiro atoms. The van der Waals surface area contributed by atoms with Gasteiger partial charge in [-0.2, -0.15) is 13.2 Å². The van der Waals surface area contributed by atoms with Gasteiger partial charge in [0, 0.05) is 12.1 Å². The zero-order chi connectivity index (χ0) is 21.6. The Balaban J connectivity index is 2.26. The number of aromatic nitrogens is 2. The number of hydrogen-bond donors (Lipinski definition) is 3. The summed E-state index contributed by atoms with van der Waals surface area (Å²) in [6, 6.07) is 6.95. The predicted octanol–water partition coefficient (Wildman–Crippen LogP) is 1.33. The average molecular weight is 410 g/mol. The molecule has 0 saturated heterocycles. The number of benzene rings is 1. The lowest BCUT2D eigenvalue weighted by atomic mass is 9.91. The van der Waals surface area contributed by atoms with E-state index in [1.54, 1.807) is 25.2 Å². The molecule has 0 saturated carbocycles. The molecular weight excluding hydrogens is 393 g/mol. The van der Waals surface area contributed by atoms with Crippen LogP contribution in [0.2, 0.25) is 0 Å². The van der Waals surface area contributed by atoms with Gasteiger partial charge >= 0.3 is 11.9 Å². The Hall–Kier alpha value is -3.37. The Labute approximate surface area is 161 Å². The van der Waals surface area contributed by atoms with Gasteiger partial charge in [-0.25, -0.2) is 4.79 Å². The third-order valence-electron chi connectivity index (χ3n) is 4.46. The molecule has 2 heterocycles. The monoisotopic (exact) mass is 410 g/mol. The smallest absolute Gasteiger partial charge is 0.326 e. The first kappa shape index (κ1) is 20.4. The van der Waals surface area contributed by atoms with E-state index in [1.807, 2.05) is 10.3 Å². The summed E-state index contributed by atoms with van der Waals surface area (Å²) < 4.78 is 43.4. The largest absolute Gasteiger partial charge is 0.425 e. The summed E-state index contributed by atoms with van der Waals surface area (Å²) in [4.78, 5) is 51.4. The van der Waals surface area contributed by atoms with Gasteiger partial charge in [-0.05, 0) is 18.1 Å². The van der Waals surface area contributed by atoms with Crippen LogP contribution in [0.3, 0.4) is 0 Å². The van der Waals surface area contributed by atoms with E-state index in [2.05, 4.69) is 0 Å². The average Bonchev–Trinajstić information content (AvgIpc) is 2.93. The van der Waals surface area contributed by atoms with Crippen molar-refractivity contribution in [3.63, 3.8) is 0 Å². The normalized spacial score (nSPS) is 18.5. The second-order valence-electron chi connectivity index (χ2n) is 7.01. The first-order valence-corrected chi connectivity index (χ1v) is 8.62. The van der Waals surface area contributed by atoms with Crippen molar-refractivity contribution in [2.24, 2.45) is 5.92 Å². The van der Waals surface area contributed by atoms with Crippen LogP contribution in [0, 0.1) is 5.92 Å². The van der Waals surface area contributed by atoms with Crippen LogP contribution >= 0.6 is 0 Å². The quantitative estimate of drug-likeness (QED) is 0.706. The summed E-state index contributed by atoms with van der Waals surface area (Å²) in [5, 5.41) is 3.66. The van der Waals surface area contributed by atoms with E-state index in [0.717, 1.165) is 4.57 Å². The highest BCUT2D eigenvalue weighted by molar-refractivity contribution is 6.09. The van der Waals surface area contributed by atoms with Gasteiger partial charge in [0.05, 0.1) is 0 Å². The van der Waals surface area contributed by atoms with E-state index in [4.69, 9.17) is 0 Å². The fourth-order valence-corrected chi connectivity index (χ4v) is 3.20. The standard InChI is InChI=1S/C18H17F3N4O4/c1-9(2)8-25-12-11(14(27)23-16(25)29)17(15(28)22-12,18(19,20)21)24-13(26)10-6-4-3-5-7-10/h3-7,9H,8H2,1-2H3,(H,22,28)(H,24,26)(H,23,27,29)/t17-/m1/s1. The molecule has 29 heavy (non-hydrogen) atoms. The Kier molecular flexibility index (Phi) is 4.85. The van der Waals surface area contributed by atoms with Crippen molar-refractivity contribution in [1.82, 2.24) is 14.9 Å². The number of halogens is 3. The van der Waals surface area contributed by atoms with Crippen LogP contribution in [0.4, 0.5) is 19.0 Å². The van der Waals surface area contributed by atoms with Crippen LogP contribution in [-0.4, -0.2) is 27.5 Å². The highest BCUT2D eigenvalue weighted by atomic mass is 19.4. The maximum Gasteiger partial charge on any atom is 0.425 e. The van der Waals surface area contributed by atoms with Gasteiger partial charge in [0.15, 0.2) is 0 Å². The molecule has 1 aromatic heterocycles. The summed E-state index contributed by atoms with van der Waals surface area (Å²) in [5.41, 5.74) is -7.22. The van der Waals surface area contributed by atoms with E-state index in [1.165, 1.54) is 24.3 Å². The Morgan fingerprint density at radius 3 is 2.34 bits per heavy atom. The van der Waals surface area contributed by atoms with Crippen LogP contribution in [0.25, 0.3) is 0 Å². The van der Waals surface area contributed by atoms with Crippen molar-refractivity contribution in [2.75, 3.05) is 5.32 Å². The molecule has 11 heteroatoms. The summed E-state index contributed by atoms with van der Waals surface area (Å²) in [6.07, 6.45) is -5.36. The fourth-order valence-electron chi connectivity index (χ4n) is 3.20. The zero-order valence-electron chi connectivity index (χ0n) is 15.4. The molecule has 154 valence electrons. The first-order valence-electron chi connectivity index (χ1n) is 8.62. The number of alkyl halides is 3. The molecule has 8 nitrogen and oxygen atoms in total. The summed E-state index contributed by atoms with van der Waals surface area (Å²) >= 11 is 0. The van der Waals surface area contributed by atoms with Crippen LogP contribution in [0.5, 0.6) is 0 Å². The van der Waals surface area contributed by atoms with Crippen molar-refractivity contribution in [3.8, 4) is 0 Å². The van der Waals surface area contributed by atoms with Crippen molar-refractivity contribution >= 4 is 17.6 Å². The molecule has 1 atom stereocenters. The maximum absolute atomic E-state index is 14.2. The number of hydrogen-bond acceptors (Lipinski definition) is 4. The molecule has 2 aromatic rings. The van der Waals surface area contributed by atoms with Gasteiger partial charge in [-0.1, -0.05) is 32.0 Å². The third kappa shape index (κ3) is 3.22. The van der Waals surface area contributed by atoms with E-state index >= 15 is 0 Å². The molecule has 0 radical (unpaired) electrons. The van der Waals surface area contributed by atoms with Gasteiger partial charge in [0.2, 0.25) is 0 Å². The third-order valence-corrected chi connectivity index (χ3v) is 4.46. The number of anilines is 1. The Morgan fingerprint density at radius 1 is 1.17 bits per heavy atom. The molecule has 0 aliphatic carbocycles. The number of carbonyl (C=O) groups excluding carboxylic acids is 2. The number of rotatable bonds is 4. The molecule has 3 N–H and O–H groups in total. The molecular formula is C18H17F3N4O4. The Bertz CT molecular complexity index is 1090. The first-order chi connectivity index (χ1) is 13.5. The van der Waals surface area contributed by atoms with Crippen LogP contribution in [0.1, 0.15) is 29.8 Å². The molecule has 1 aliphatic heterocycles. The van der Waals surface area contributed by atoms with E-state index in [0.29, 0.717) is 0 Å². The molecule has 3 rings (SSSR count). The molecule has 1 aromatic carbocycles. The van der Waals surface area contributed by atoms with Crippen molar-refractivity contribution in [1.29, 1.82) is 0 Å². The second kappa shape index (κ2) is 6.90. The molecule has 1 aliphatic rings. The lowest BCUT2D eigenvalue weighted by Gasteiger charge is -2.30. The number of amides is 2. The summed E-state index contributed by atoms with van der Waals surface area (Å²) in [7, 11) is 0. The Morgan fingerprint density at radius 2 is 1.79 bits per heavy atom. The molecule has 0 bridgehead atoms. The fraction of sp³-hybridized carbons (Fsp3) is 0.333. The SMILES string of the molecule is CC(C)Cn1c2c(c(=O)[nH]c1=O)[C@](NC(=O)c1ccccc1)(C(F)(F)F)C(=O)N2. The number of nitrogens with one attached hydrogen (secondary N) is 3. The summed E-state index contributed by atoms with van der Waals surface area (Å²) in [6.45, 7) is 3.35. The van der Waals surface area contributed by atoms with Gasteiger partial charge in [-0.3, -0.25) is 23.9 Å². The number of fused-ring (bicyclic) bond motifs is 1. The number of H-pyrrole nitrogens is 1. The van der Waals surface area contributed by atoms with Crippen LogP contribution < -0.4 is 21.9 Å². The minimum absolute atomic E-state index is 0.0568. The van der Waals surface area contributed by atoms with Gasteiger partial charge < -0.3 is 10.6 Å². The van der Waals surface area contributed by atoms with Gasteiger partial charge in [0.25, 0.3) is 22.9 Å². The van der Waals surface area contributed by atoms with Crippen molar-refractivity contribution in [3.05, 3.63) is 62.3 Å². The molecule has 0 fully saturated rings. The topological polar surface area (TPSA) is 113 Å². The number of aromatic amines is 1. The predicted molar refractivity (Wildman–Crippen MR) is 96.4 cm³/mol. The second-order valence-corrected chi connectivity index (χ2v) is 7.01. The molecule has 0 unspecified atom stereocenters. The highest BCUT2D eigenvalue weighted by Crippen LogP contribution is 2.45. The highest BCUT2D eigenvalue weighted by Gasteiger charge is 2.68. The van der Waals surface area contributed by atoms with E-state index in [9.17, 15) is 32.3 Å². The number of carbonyl (C=O) groups is 2. The van der Waals surface area contributed by atoms with Crippen LogP contribution in [0.15, 0.2) is 39.9 Å². The zero-order valence-corrected chi connectivity index (χ0v) is 15.4. The van der Waals surface area contributed by atoms with Gasteiger partial charge in [-0.15, -0.1) is 0 Å². The van der Waals surface area contributed by atoms with Gasteiger partial charge in [0.1, 0.15) is 11.4 Å². The number of nitrogens with zero attached hydrogens (tertiary/aromatic N) is 1. The van der Waals surface area contributed by atoms with Crippen molar-refractivity contribution in [2.45, 2.75) is 32.1 Å². The molecule has 2 amide bonds. The lowest BCUT2D eigenvalue weighted by molar-refractivity contribution is -0.196.